The topological polar surface area (TPSA) is 25.8 Å². The third-order valence-corrected chi connectivity index (χ3v) is 5.97. The van der Waals surface area contributed by atoms with E-state index in [0.29, 0.717) is 17.7 Å². The molecular weight excluding hydrogens is 288 g/mol. The van der Waals surface area contributed by atoms with Crippen LogP contribution >= 0.6 is 22.9 Å². The summed E-state index contributed by atoms with van der Waals surface area (Å²) >= 11 is 7.55. The largest absolute Gasteiger partial charge is 0.144 e. The molecule has 0 bridgehead atoms. The maximum atomic E-state index is 5.75. The number of benzene rings is 1. The fourth-order valence-electron chi connectivity index (χ4n) is 3.62. The predicted octanol–water partition coefficient (Wildman–Crippen LogP) is 4.15. The van der Waals surface area contributed by atoms with Crippen molar-refractivity contribution >= 4 is 22.9 Å². The molecule has 2 aromatic rings. The number of aromatic nitrogens is 2. The van der Waals surface area contributed by atoms with Gasteiger partial charge in [0.2, 0.25) is 0 Å². The van der Waals surface area contributed by atoms with Crippen LogP contribution < -0.4 is 0 Å². The molecule has 0 aliphatic heterocycles. The number of rotatable bonds is 4. The number of fused-ring (bicyclic) bond motifs is 3. The second-order valence-electron chi connectivity index (χ2n) is 5.78. The molecule has 0 radical (unpaired) electrons. The summed E-state index contributed by atoms with van der Waals surface area (Å²) in [7, 11) is 0. The fraction of sp³-hybridized carbons (Fsp3) is 0.500. The molecule has 0 N–H and O–H groups in total. The molecule has 4 heteroatoms. The first-order chi connectivity index (χ1) is 9.88. The SMILES string of the molecule is ClCCCc1nnc(C2C3CCc4ccccc4C32)s1. The van der Waals surface area contributed by atoms with Gasteiger partial charge in [-0.15, -0.1) is 33.1 Å². The van der Waals surface area contributed by atoms with E-state index in [1.54, 1.807) is 22.5 Å². The fourth-order valence-corrected chi connectivity index (χ4v) is 4.87. The van der Waals surface area contributed by atoms with Crippen LogP contribution in [0.3, 0.4) is 0 Å². The third-order valence-electron chi connectivity index (χ3n) is 4.62. The molecule has 2 aliphatic carbocycles. The van der Waals surface area contributed by atoms with Gasteiger partial charge in [0.25, 0.3) is 0 Å². The normalized spacial score (nSPS) is 26.9. The Hall–Kier alpha value is -0.930. The molecule has 20 heavy (non-hydrogen) atoms. The lowest BCUT2D eigenvalue weighted by Gasteiger charge is -2.13. The summed E-state index contributed by atoms with van der Waals surface area (Å²) in [5.41, 5.74) is 3.11. The van der Waals surface area contributed by atoms with E-state index < -0.39 is 0 Å². The van der Waals surface area contributed by atoms with E-state index in [0.717, 1.165) is 23.8 Å². The van der Waals surface area contributed by atoms with E-state index in [9.17, 15) is 0 Å². The molecule has 1 fully saturated rings. The van der Waals surface area contributed by atoms with Crippen LogP contribution in [0, 0.1) is 5.92 Å². The van der Waals surface area contributed by atoms with Crippen LogP contribution in [-0.2, 0) is 12.8 Å². The van der Waals surface area contributed by atoms with Gasteiger partial charge in [-0.1, -0.05) is 24.3 Å². The highest BCUT2D eigenvalue weighted by Crippen LogP contribution is 2.65. The van der Waals surface area contributed by atoms with Gasteiger partial charge in [-0.05, 0) is 42.2 Å². The first kappa shape index (κ1) is 12.8. The zero-order valence-electron chi connectivity index (χ0n) is 11.3. The van der Waals surface area contributed by atoms with Gasteiger partial charge in [0, 0.05) is 18.2 Å². The number of alkyl halides is 1. The lowest BCUT2D eigenvalue weighted by molar-refractivity contribution is 0.658. The van der Waals surface area contributed by atoms with Crippen molar-refractivity contribution in [3.05, 3.63) is 45.4 Å². The Labute approximate surface area is 128 Å². The summed E-state index contributed by atoms with van der Waals surface area (Å²) < 4.78 is 0. The highest BCUT2D eigenvalue weighted by atomic mass is 35.5. The van der Waals surface area contributed by atoms with Crippen LogP contribution in [0.25, 0.3) is 0 Å². The molecule has 2 nitrogen and oxygen atoms in total. The second-order valence-corrected chi connectivity index (χ2v) is 7.25. The molecule has 104 valence electrons. The molecular formula is C16H17ClN2S. The quantitative estimate of drug-likeness (QED) is 0.793. The van der Waals surface area contributed by atoms with Gasteiger partial charge in [-0.25, -0.2) is 0 Å². The van der Waals surface area contributed by atoms with Gasteiger partial charge in [0.05, 0.1) is 0 Å². The highest BCUT2D eigenvalue weighted by Gasteiger charge is 2.55. The maximum Gasteiger partial charge on any atom is 0.121 e. The molecule has 1 aromatic carbocycles. The molecule has 0 spiro atoms. The Bertz CT molecular complexity index is 624. The minimum Gasteiger partial charge on any atom is -0.144 e. The first-order valence-corrected chi connectivity index (χ1v) is 8.69. The highest BCUT2D eigenvalue weighted by molar-refractivity contribution is 7.11. The smallest absolute Gasteiger partial charge is 0.121 e. The third kappa shape index (κ3) is 2.08. The van der Waals surface area contributed by atoms with Crippen LogP contribution in [0.15, 0.2) is 24.3 Å². The minimum absolute atomic E-state index is 0.626. The van der Waals surface area contributed by atoms with Gasteiger partial charge >= 0.3 is 0 Å². The van der Waals surface area contributed by atoms with Crippen molar-refractivity contribution in [2.75, 3.05) is 5.88 Å². The molecule has 0 amide bonds. The van der Waals surface area contributed by atoms with E-state index >= 15 is 0 Å². The zero-order valence-corrected chi connectivity index (χ0v) is 12.8. The summed E-state index contributed by atoms with van der Waals surface area (Å²) in [6, 6.07) is 8.92. The van der Waals surface area contributed by atoms with Crippen LogP contribution in [0.5, 0.6) is 0 Å². The van der Waals surface area contributed by atoms with Crippen molar-refractivity contribution in [3.8, 4) is 0 Å². The van der Waals surface area contributed by atoms with Crippen molar-refractivity contribution in [2.45, 2.75) is 37.5 Å². The van der Waals surface area contributed by atoms with Crippen molar-refractivity contribution in [3.63, 3.8) is 0 Å². The summed E-state index contributed by atoms with van der Waals surface area (Å²) in [6.07, 6.45) is 4.51. The van der Waals surface area contributed by atoms with Crippen LogP contribution in [0.2, 0.25) is 0 Å². The van der Waals surface area contributed by atoms with Gasteiger partial charge in [-0.2, -0.15) is 0 Å². The Morgan fingerprint density at radius 3 is 3.00 bits per heavy atom. The molecule has 3 unspecified atom stereocenters. The predicted molar refractivity (Wildman–Crippen MR) is 82.7 cm³/mol. The molecule has 3 atom stereocenters. The Balaban J connectivity index is 1.56. The summed E-state index contributed by atoms with van der Waals surface area (Å²) in [6.45, 7) is 0. The first-order valence-electron chi connectivity index (χ1n) is 7.34. The number of hydrogen-bond donors (Lipinski definition) is 0. The van der Waals surface area contributed by atoms with Crippen LogP contribution in [-0.4, -0.2) is 16.1 Å². The summed E-state index contributed by atoms with van der Waals surface area (Å²) in [4.78, 5) is 0. The number of aryl methyl sites for hydroxylation is 2. The number of nitrogens with zero attached hydrogens (tertiary/aromatic N) is 2. The minimum atomic E-state index is 0.626. The average Bonchev–Trinajstić information content (AvgIpc) is 3.06. The van der Waals surface area contributed by atoms with Crippen LogP contribution in [0.1, 0.15) is 45.8 Å². The molecule has 2 aliphatic rings. The van der Waals surface area contributed by atoms with Gasteiger partial charge in [-0.3, -0.25) is 0 Å². The molecule has 1 heterocycles. The summed E-state index contributed by atoms with van der Waals surface area (Å²) in [5.74, 6) is 2.84. The number of hydrogen-bond acceptors (Lipinski definition) is 3. The van der Waals surface area contributed by atoms with Crippen molar-refractivity contribution in [1.82, 2.24) is 10.2 Å². The van der Waals surface area contributed by atoms with Crippen molar-refractivity contribution in [2.24, 2.45) is 5.92 Å². The monoisotopic (exact) mass is 304 g/mol. The van der Waals surface area contributed by atoms with Crippen molar-refractivity contribution < 1.29 is 0 Å². The van der Waals surface area contributed by atoms with Crippen LogP contribution in [0.4, 0.5) is 0 Å². The van der Waals surface area contributed by atoms with E-state index in [1.807, 2.05) is 0 Å². The number of halogens is 1. The average molecular weight is 305 g/mol. The maximum absolute atomic E-state index is 5.75. The lowest BCUT2D eigenvalue weighted by Crippen LogP contribution is -2.00. The molecule has 1 saturated carbocycles. The Morgan fingerprint density at radius 1 is 1.20 bits per heavy atom. The van der Waals surface area contributed by atoms with E-state index in [1.165, 1.54) is 17.8 Å². The standard InChI is InChI=1S/C16H17ClN2S/c17-9-3-6-13-18-19-16(20-13)15-12-8-7-10-4-1-2-5-11(10)14(12)15/h1-2,4-5,12,14-15H,3,6-9H2. The zero-order chi connectivity index (χ0) is 13.5. The summed E-state index contributed by atoms with van der Waals surface area (Å²) in [5, 5.41) is 11.2. The van der Waals surface area contributed by atoms with E-state index in [2.05, 4.69) is 34.5 Å². The Kier molecular flexibility index (Phi) is 3.27. The van der Waals surface area contributed by atoms with Gasteiger partial charge < -0.3 is 0 Å². The van der Waals surface area contributed by atoms with Gasteiger partial charge in [0.15, 0.2) is 0 Å². The van der Waals surface area contributed by atoms with E-state index in [4.69, 9.17) is 11.6 Å². The van der Waals surface area contributed by atoms with Gasteiger partial charge in [0.1, 0.15) is 10.0 Å². The lowest BCUT2D eigenvalue weighted by atomic mass is 9.92. The van der Waals surface area contributed by atoms with E-state index in [-0.39, 0.29) is 0 Å². The van der Waals surface area contributed by atoms with Crippen molar-refractivity contribution in [1.29, 1.82) is 0 Å². The molecule has 1 aromatic heterocycles. The second kappa shape index (κ2) is 5.12. The molecule has 4 rings (SSSR count). The molecule has 0 saturated heterocycles. The Morgan fingerprint density at radius 2 is 2.10 bits per heavy atom.